The summed E-state index contributed by atoms with van der Waals surface area (Å²) in [6.07, 6.45) is 0. The number of aromatic nitrogens is 3. The molecule has 0 spiro atoms. The van der Waals surface area contributed by atoms with Crippen LogP contribution in [0, 0.1) is 11.7 Å². The highest BCUT2D eigenvalue weighted by Gasteiger charge is 2.24. The number of hydrogen-bond donors (Lipinski definition) is 3. The van der Waals surface area contributed by atoms with E-state index in [1.54, 1.807) is 12.0 Å². The van der Waals surface area contributed by atoms with Gasteiger partial charge >= 0.3 is 0 Å². The lowest BCUT2D eigenvalue weighted by Crippen LogP contribution is -3.27. The number of aromatic amines is 1. The largest absolute Gasteiger partial charge is 0.496 e. The van der Waals surface area contributed by atoms with Crippen molar-refractivity contribution in [2.24, 2.45) is 0 Å². The molecule has 0 aliphatic carbocycles. The summed E-state index contributed by atoms with van der Waals surface area (Å²) in [6.45, 7) is 8.49. The molecule has 2 aromatic carbocycles. The number of piperazine rings is 1. The minimum atomic E-state index is 0.621. The standard InChI is InChI=1S/C22H27N5OS/c1-17-8-9-20(28-2)19(14-17)15-25-10-12-26(13-11-25)16-27-22(29)23-21(24-27)18-6-4-3-5-7-18/h3-9,14H,10-13,15-16H2,1-2H3,(H,23,24,29)/p+2. The second-order valence-electron chi connectivity index (χ2n) is 7.80. The number of benzene rings is 2. The number of H-pyrrole nitrogens is 1. The summed E-state index contributed by atoms with van der Waals surface area (Å²) in [6, 6.07) is 16.6. The molecule has 1 aliphatic heterocycles. The van der Waals surface area contributed by atoms with Crippen LogP contribution in [-0.2, 0) is 13.2 Å². The third kappa shape index (κ3) is 4.75. The van der Waals surface area contributed by atoms with Gasteiger partial charge in [0.15, 0.2) is 12.5 Å². The quantitative estimate of drug-likeness (QED) is 0.528. The van der Waals surface area contributed by atoms with Crippen LogP contribution in [0.2, 0.25) is 0 Å². The molecule has 4 rings (SSSR count). The van der Waals surface area contributed by atoms with Gasteiger partial charge in [-0.1, -0.05) is 42.0 Å². The van der Waals surface area contributed by atoms with Crippen molar-refractivity contribution < 1.29 is 14.5 Å². The summed E-state index contributed by atoms with van der Waals surface area (Å²) < 4.78 is 8.17. The van der Waals surface area contributed by atoms with E-state index in [4.69, 9.17) is 17.0 Å². The van der Waals surface area contributed by atoms with E-state index in [1.165, 1.54) is 16.0 Å². The summed E-state index contributed by atoms with van der Waals surface area (Å²) in [5, 5.41) is 3.37. The van der Waals surface area contributed by atoms with E-state index >= 15 is 0 Å². The Morgan fingerprint density at radius 1 is 1.07 bits per heavy atom. The van der Waals surface area contributed by atoms with Crippen LogP contribution >= 0.6 is 12.2 Å². The topological polar surface area (TPSA) is 51.7 Å². The van der Waals surface area contributed by atoms with E-state index in [9.17, 15) is 0 Å². The van der Waals surface area contributed by atoms with Gasteiger partial charge in [-0.25, -0.2) is 4.68 Å². The van der Waals surface area contributed by atoms with Crippen LogP contribution in [0.1, 0.15) is 11.1 Å². The Morgan fingerprint density at radius 2 is 1.79 bits per heavy atom. The smallest absolute Gasteiger partial charge is 0.221 e. The molecular formula is C22H29N5OS+2. The van der Waals surface area contributed by atoms with Gasteiger partial charge in [0.25, 0.3) is 0 Å². The molecule has 0 amide bonds. The molecule has 7 heteroatoms. The van der Waals surface area contributed by atoms with Crippen LogP contribution in [0.3, 0.4) is 0 Å². The van der Waals surface area contributed by atoms with Gasteiger partial charge in [0.05, 0.1) is 7.11 Å². The zero-order valence-corrected chi connectivity index (χ0v) is 17.9. The minimum absolute atomic E-state index is 0.621. The number of ether oxygens (including phenoxy) is 1. The highest BCUT2D eigenvalue weighted by molar-refractivity contribution is 7.71. The maximum absolute atomic E-state index is 5.55. The lowest BCUT2D eigenvalue weighted by atomic mass is 10.1. The molecular weight excluding hydrogens is 382 g/mol. The number of nitrogens with zero attached hydrogens (tertiary/aromatic N) is 2. The molecule has 0 bridgehead atoms. The van der Waals surface area contributed by atoms with Gasteiger partial charge < -0.3 is 14.5 Å². The van der Waals surface area contributed by atoms with Gasteiger partial charge in [0, 0.05) is 11.1 Å². The van der Waals surface area contributed by atoms with Gasteiger partial charge in [0.1, 0.15) is 38.5 Å². The summed E-state index contributed by atoms with van der Waals surface area (Å²) in [7, 11) is 1.75. The molecule has 1 aromatic heterocycles. The van der Waals surface area contributed by atoms with E-state index < -0.39 is 0 Å². The first-order valence-corrected chi connectivity index (χ1v) is 10.6. The Kier molecular flexibility index (Phi) is 6.08. The van der Waals surface area contributed by atoms with Crippen LogP contribution in [0.5, 0.6) is 5.75 Å². The first-order chi connectivity index (χ1) is 14.1. The molecule has 152 valence electrons. The van der Waals surface area contributed by atoms with Gasteiger partial charge in [-0.2, -0.15) is 4.98 Å². The van der Waals surface area contributed by atoms with Crippen molar-refractivity contribution >= 4 is 12.2 Å². The summed E-state index contributed by atoms with van der Waals surface area (Å²) in [4.78, 5) is 7.67. The second-order valence-corrected chi connectivity index (χ2v) is 8.16. The molecule has 0 saturated carbocycles. The van der Waals surface area contributed by atoms with Gasteiger partial charge in [-0.05, 0) is 31.3 Å². The van der Waals surface area contributed by atoms with E-state index in [0.29, 0.717) is 4.77 Å². The SMILES string of the molecule is COc1ccc(C)cc1C[NH+]1CC[NH+](Cn2[nH]c(-c3ccccc3)nc2=S)CC1. The van der Waals surface area contributed by atoms with Crippen LogP contribution in [0.4, 0.5) is 0 Å². The van der Waals surface area contributed by atoms with E-state index in [1.807, 2.05) is 35.0 Å². The average Bonchev–Trinajstić information content (AvgIpc) is 3.11. The molecule has 0 atom stereocenters. The Bertz CT molecular complexity index is 1010. The van der Waals surface area contributed by atoms with E-state index in [2.05, 4.69) is 35.2 Å². The lowest BCUT2D eigenvalue weighted by molar-refractivity contribution is -1.03. The van der Waals surface area contributed by atoms with Crippen molar-refractivity contribution in [2.45, 2.75) is 20.1 Å². The maximum Gasteiger partial charge on any atom is 0.221 e. The molecule has 1 fully saturated rings. The first-order valence-electron chi connectivity index (χ1n) is 10.2. The summed E-state index contributed by atoms with van der Waals surface area (Å²) >= 11 is 5.48. The van der Waals surface area contributed by atoms with Crippen LogP contribution in [0.15, 0.2) is 48.5 Å². The van der Waals surface area contributed by atoms with Crippen molar-refractivity contribution in [1.29, 1.82) is 0 Å². The molecule has 1 saturated heterocycles. The predicted molar refractivity (Wildman–Crippen MR) is 116 cm³/mol. The van der Waals surface area contributed by atoms with Crippen molar-refractivity contribution in [1.82, 2.24) is 14.8 Å². The number of quaternary nitrogens is 2. The fourth-order valence-corrected chi connectivity index (χ4v) is 4.22. The normalized spacial score (nSPS) is 19.2. The fourth-order valence-electron chi connectivity index (χ4n) is 4.02. The zero-order valence-electron chi connectivity index (χ0n) is 17.1. The molecule has 3 aromatic rings. The maximum atomic E-state index is 5.55. The lowest BCUT2D eigenvalue weighted by Gasteiger charge is -2.30. The Morgan fingerprint density at radius 3 is 2.52 bits per heavy atom. The highest BCUT2D eigenvalue weighted by Crippen LogP contribution is 2.18. The zero-order chi connectivity index (χ0) is 20.2. The number of hydrogen-bond acceptors (Lipinski definition) is 3. The minimum Gasteiger partial charge on any atom is -0.496 e. The fraction of sp³-hybridized carbons (Fsp3) is 0.364. The van der Waals surface area contributed by atoms with Crippen LogP contribution in [-0.4, -0.2) is 48.1 Å². The van der Waals surface area contributed by atoms with Gasteiger partial charge in [-0.3, -0.25) is 5.10 Å². The predicted octanol–water partition coefficient (Wildman–Crippen LogP) is 0.866. The molecule has 2 heterocycles. The van der Waals surface area contributed by atoms with E-state index in [0.717, 1.165) is 56.5 Å². The number of methoxy groups -OCH3 is 1. The van der Waals surface area contributed by atoms with Crippen LogP contribution < -0.4 is 14.5 Å². The van der Waals surface area contributed by atoms with Crippen molar-refractivity contribution in [3.05, 3.63) is 64.4 Å². The Labute approximate surface area is 176 Å². The molecule has 29 heavy (non-hydrogen) atoms. The monoisotopic (exact) mass is 411 g/mol. The number of nitrogens with one attached hydrogen (secondary N) is 3. The third-order valence-electron chi connectivity index (χ3n) is 5.65. The van der Waals surface area contributed by atoms with Gasteiger partial charge in [0.2, 0.25) is 4.77 Å². The number of rotatable bonds is 6. The van der Waals surface area contributed by atoms with Crippen molar-refractivity contribution in [3.8, 4) is 17.1 Å². The third-order valence-corrected chi connectivity index (χ3v) is 5.96. The average molecular weight is 412 g/mol. The second kappa shape index (κ2) is 8.90. The molecule has 0 unspecified atom stereocenters. The van der Waals surface area contributed by atoms with Gasteiger partial charge in [-0.15, -0.1) is 0 Å². The highest BCUT2D eigenvalue weighted by atomic mass is 32.1. The molecule has 0 radical (unpaired) electrons. The Hall–Kier alpha value is -2.48. The van der Waals surface area contributed by atoms with Crippen LogP contribution in [0.25, 0.3) is 11.4 Å². The van der Waals surface area contributed by atoms with E-state index in [-0.39, 0.29) is 0 Å². The molecule has 1 aliphatic rings. The van der Waals surface area contributed by atoms with Crippen molar-refractivity contribution in [3.63, 3.8) is 0 Å². The molecule has 6 nitrogen and oxygen atoms in total. The molecule has 3 N–H and O–H groups in total. The van der Waals surface area contributed by atoms with Crippen molar-refractivity contribution in [2.75, 3.05) is 33.3 Å². The Balaban J connectivity index is 1.36. The number of aryl methyl sites for hydroxylation is 1. The summed E-state index contributed by atoms with van der Waals surface area (Å²) in [5.41, 5.74) is 3.65. The first kappa shape index (κ1) is 19.8. The summed E-state index contributed by atoms with van der Waals surface area (Å²) in [5.74, 6) is 1.83.